The molecule has 0 aliphatic heterocycles. The summed E-state index contributed by atoms with van der Waals surface area (Å²) in [5, 5.41) is 0.235. The Labute approximate surface area is 123 Å². The van der Waals surface area contributed by atoms with Crippen LogP contribution in [0, 0.1) is 5.82 Å². The molecule has 0 radical (unpaired) electrons. The minimum absolute atomic E-state index is 0.0707. The van der Waals surface area contributed by atoms with Crippen LogP contribution in [-0.4, -0.2) is 14.5 Å². The zero-order valence-corrected chi connectivity index (χ0v) is 11.4. The highest BCUT2D eigenvalue weighted by Gasteiger charge is 2.11. The van der Waals surface area contributed by atoms with E-state index < -0.39 is 5.82 Å². The number of aromatic nitrogens is 3. The molecule has 0 spiro atoms. The van der Waals surface area contributed by atoms with Crippen LogP contribution >= 0.6 is 0 Å². The monoisotopic (exact) mass is 295 g/mol. The summed E-state index contributed by atoms with van der Waals surface area (Å²) in [5.41, 5.74) is 1.13. The third kappa shape index (κ3) is 1.96. The van der Waals surface area contributed by atoms with E-state index in [0.29, 0.717) is 11.5 Å². The Balaban J connectivity index is 1.81. The van der Waals surface area contributed by atoms with Crippen LogP contribution in [0.1, 0.15) is 5.89 Å². The molecule has 0 bridgehead atoms. The van der Waals surface area contributed by atoms with Gasteiger partial charge in [-0.15, -0.1) is 0 Å². The van der Waals surface area contributed by atoms with Crippen LogP contribution in [-0.2, 0) is 6.54 Å². The molecule has 2 aromatic carbocycles. The van der Waals surface area contributed by atoms with Crippen LogP contribution in [0.2, 0.25) is 0 Å². The Morgan fingerprint density at radius 3 is 2.86 bits per heavy atom. The summed E-state index contributed by atoms with van der Waals surface area (Å²) in [7, 11) is 0. The summed E-state index contributed by atoms with van der Waals surface area (Å²) < 4.78 is 20.6. The van der Waals surface area contributed by atoms with Crippen LogP contribution in [0.15, 0.2) is 58.0 Å². The summed E-state index contributed by atoms with van der Waals surface area (Å²) in [5.74, 6) is -0.107. The maximum atomic E-state index is 13.6. The first-order valence-electron chi connectivity index (χ1n) is 6.70. The second-order valence-electron chi connectivity index (χ2n) is 4.89. The van der Waals surface area contributed by atoms with E-state index in [-0.39, 0.29) is 23.0 Å². The number of nitrogens with zero attached hydrogens (tertiary/aromatic N) is 3. The van der Waals surface area contributed by atoms with Crippen molar-refractivity contribution in [3.05, 3.63) is 70.9 Å². The van der Waals surface area contributed by atoms with Gasteiger partial charge < -0.3 is 4.42 Å². The van der Waals surface area contributed by atoms with Gasteiger partial charge in [0.2, 0.25) is 5.89 Å². The predicted molar refractivity (Wildman–Crippen MR) is 79.1 cm³/mol. The Bertz CT molecular complexity index is 1020. The van der Waals surface area contributed by atoms with Gasteiger partial charge in [0.25, 0.3) is 5.56 Å². The van der Waals surface area contributed by atoms with Crippen LogP contribution in [0.5, 0.6) is 0 Å². The second kappa shape index (κ2) is 4.77. The molecular weight excluding hydrogens is 285 g/mol. The predicted octanol–water partition coefficient (Wildman–Crippen LogP) is 2.73. The number of oxazole rings is 1. The Morgan fingerprint density at radius 1 is 1.14 bits per heavy atom. The van der Waals surface area contributed by atoms with Gasteiger partial charge in [-0.3, -0.25) is 9.36 Å². The molecule has 0 unspecified atom stereocenters. The zero-order chi connectivity index (χ0) is 15.1. The lowest BCUT2D eigenvalue weighted by molar-refractivity contribution is 0.503. The van der Waals surface area contributed by atoms with E-state index in [2.05, 4.69) is 9.97 Å². The van der Waals surface area contributed by atoms with E-state index in [0.717, 1.165) is 5.52 Å². The molecule has 2 aromatic heterocycles. The number of para-hydroxylation sites is 3. The highest BCUT2D eigenvalue weighted by Crippen LogP contribution is 2.15. The van der Waals surface area contributed by atoms with Gasteiger partial charge in [0.05, 0.1) is 11.7 Å². The minimum atomic E-state index is -0.511. The second-order valence-corrected chi connectivity index (χ2v) is 4.89. The molecule has 6 heteroatoms. The summed E-state index contributed by atoms with van der Waals surface area (Å²) in [6.45, 7) is 0.146. The van der Waals surface area contributed by atoms with Crippen molar-refractivity contribution in [1.29, 1.82) is 0 Å². The number of benzene rings is 2. The lowest BCUT2D eigenvalue weighted by atomic mass is 10.2. The van der Waals surface area contributed by atoms with Crippen molar-refractivity contribution in [2.45, 2.75) is 6.54 Å². The van der Waals surface area contributed by atoms with Crippen molar-refractivity contribution in [3.63, 3.8) is 0 Å². The third-order valence-electron chi connectivity index (χ3n) is 3.45. The standard InChI is InChI=1S/C16H10FN3O2/c17-11-5-3-4-10-15(11)18-9-20(16(10)21)8-14-19-12-6-1-2-7-13(12)22-14/h1-7,9H,8H2. The first kappa shape index (κ1) is 12.7. The van der Waals surface area contributed by atoms with Crippen LogP contribution in [0.4, 0.5) is 4.39 Å². The van der Waals surface area contributed by atoms with Gasteiger partial charge in [0, 0.05) is 0 Å². The van der Waals surface area contributed by atoms with E-state index in [1.165, 1.54) is 23.0 Å². The van der Waals surface area contributed by atoms with E-state index in [1.807, 2.05) is 24.3 Å². The maximum Gasteiger partial charge on any atom is 0.261 e. The Kier molecular flexibility index (Phi) is 2.75. The van der Waals surface area contributed by atoms with Gasteiger partial charge in [-0.2, -0.15) is 0 Å². The fourth-order valence-corrected chi connectivity index (χ4v) is 2.40. The molecule has 0 aliphatic carbocycles. The van der Waals surface area contributed by atoms with Crippen molar-refractivity contribution in [3.8, 4) is 0 Å². The first-order valence-corrected chi connectivity index (χ1v) is 6.70. The maximum absolute atomic E-state index is 13.6. The quantitative estimate of drug-likeness (QED) is 0.570. The number of hydrogen-bond donors (Lipinski definition) is 0. The molecule has 0 saturated carbocycles. The van der Waals surface area contributed by atoms with E-state index in [4.69, 9.17) is 4.42 Å². The molecule has 5 nitrogen and oxygen atoms in total. The molecule has 0 fully saturated rings. The smallest absolute Gasteiger partial charge is 0.261 e. The van der Waals surface area contributed by atoms with Gasteiger partial charge in [-0.05, 0) is 24.3 Å². The largest absolute Gasteiger partial charge is 0.439 e. The molecule has 108 valence electrons. The molecule has 2 heterocycles. The van der Waals surface area contributed by atoms with Crippen molar-refractivity contribution < 1.29 is 8.81 Å². The van der Waals surface area contributed by atoms with E-state index in [9.17, 15) is 9.18 Å². The lowest BCUT2D eigenvalue weighted by Gasteiger charge is -2.04. The normalized spacial score (nSPS) is 11.3. The highest BCUT2D eigenvalue weighted by molar-refractivity contribution is 5.77. The van der Waals surface area contributed by atoms with Crippen LogP contribution in [0.25, 0.3) is 22.0 Å². The molecule has 0 saturated heterocycles. The van der Waals surface area contributed by atoms with Gasteiger partial charge >= 0.3 is 0 Å². The lowest BCUT2D eigenvalue weighted by Crippen LogP contribution is -2.21. The summed E-state index contributed by atoms with van der Waals surface area (Å²) >= 11 is 0. The topological polar surface area (TPSA) is 60.9 Å². The zero-order valence-electron chi connectivity index (χ0n) is 11.4. The third-order valence-corrected chi connectivity index (χ3v) is 3.45. The number of rotatable bonds is 2. The van der Waals surface area contributed by atoms with E-state index in [1.54, 1.807) is 6.07 Å². The van der Waals surface area contributed by atoms with E-state index >= 15 is 0 Å². The van der Waals surface area contributed by atoms with Gasteiger partial charge in [0.1, 0.15) is 23.4 Å². The fourth-order valence-electron chi connectivity index (χ4n) is 2.40. The molecule has 0 N–H and O–H groups in total. The Hall–Kier alpha value is -3.02. The molecule has 4 rings (SSSR count). The van der Waals surface area contributed by atoms with Crippen molar-refractivity contribution in [2.75, 3.05) is 0 Å². The molecule has 22 heavy (non-hydrogen) atoms. The molecule has 0 amide bonds. The highest BCUT2D eigenvalue weighted by atomic mass is 19.1. The van der Waals surface area contributed by atoms with Crippen molar-refractivity contribution in [2.24, 2.45) is 0 Å². The SMILES string of the molecule is O=c1c2cccc(F)c2ncn1Cc1nc2ccccc2o1. The van der Waals surface area contributed by atoms with Crippen LogP contribution in [0.3, 0.4) is 0 Å². The number of hydrogen-bond acceptors (Lipinski definition) is 4. The molecule has 4 aromatic rings. The molecule has 0 atom stereocenters. The minimum Gasteiger partial charge on any atom is -0.439 e. The average molecular weight is 295 g/mol. The average Bonchev–Trinajstić information content (AvgIpc) is 2.93. The molecular formula is C16H10FN3O2. The van der Waals surface area contributed by atoms with Gasteiger partial charge in [-0.1, -0.05) is 18.2 Å². The van der Waals surface area contributed by atoms with Crippen molar-refractivity contribution in [1.82, 2.24) is 14.5 Å². The summed E-state index contributed by atoms with van der Waals surface area (Å²) in [4.78, 5) is 20.7. The van der Waals surface area contributed by atoms with Gasteiger partial charge in [0.15, 0.2) is 5.58 Å². The number of halogens is 1. The van der Waals surface area contributed by atoms with Crippen molar-refractivity contribution >= 4 is 22.0 Å². The number of fused-ring (bicyclic) bond motifs is 2. The Morgan fingerprint density at radius 2 is 2.00 bits per heavy atom. The summed E-state index contributed by atoms with van der Waals surface area (Å²) in [6.07, 6.45) is 1.31. The summed E-state index contributed by atoms with van der Waals surface area (Å²) in [6, 6.07) is 11.7. The molecule has 0 aliphatic rings. The van der Waals surface area contributed by atoms with Gasteiger partial charge in [-0.25, -0.2) is 14.4 Å². The fraction of sp³-hybridized carbons (Fsp3) is 0.0625. The first-order chi connectivity index (χ1) is 10.7. The van der Waals surface area contributed by atoms with Crippen LogP contribution < -0.4 is 5.56 Å².